The molecule has 1 N–H and O–H groups in total. The molecule has 0 fully saturated rings. The molecule has 0 radical (unpaired) electrons. The van der Waals surface area contributed by atoms with Crippen molar-refractivity contribution in [2.75, 3.05) is 6.54 Å². The minimum atomic E-state index is 0.826. The first kappa shape index (κ1) is 12.1. The molecule has 0 bridgehead atoms. The summed E-state index contributed by atoms with van der Waals surface area (Å²) >= 11 is 0. The van der Waals surface area contributed by atoms with Gasteiger partial charge in [0, 0.05) is 12.7 Å². The molecule has 1 heterocycles. The maximum absolute atomic E-state index is 4.15. The second-order valence-electron chi connectivity index (χ2n) is 4.27. The van der Waals surface area contributed by atoms with Crippen LogP contribution >= 0.6 is 0 Å². The Hall–Kier alpha value is -0.960. The van der Waals surface area contributed by atoms with Crippen LogP contribution in [0.4, 0.5) is 0 Å². The summed E-state index contributed by atoms with van der Waals surface area (Å²) in [7, 11) is 0. The van der Waals surface area contributed by atoms with E-state index < -0.39 is 0 Å². The van der Waals surface area contributed by atoms with Crippen LogP contribution in [0.15, 0.2) is 18.6 Å². The smallest absolute Gasteiger partial charge is 0.115 e. The van der Waals surface area contributed by atoms with Gasteiger partial charge in [0.05, 0.1) is 5.69 Å². The van der Waals surface area contributed by atoms with Crippen molar-refractivity contribution in [1.29, 1.82) is 0 Å². The fourth-order valence-electron chi connectivity index (χ4n) is 1.44. The van der Waals surface area contributed by atoms with Crippen LogP contribution in [0.3, 0.4) is 0 Å². The Labute approximate surface area is 92.3 Å². The lowest BCUT2D eigenvalue weighted by Crippen LogP contribution is -2.15. The number of rotatable bonds is 7. The summed E-state index contributed by atoms with van der Waals surface area (Å²) in [4.78, 5) is 8.03. The van der Waals surface area contributed by atoms with Gasteiger partial charge in [-0.3, -0.25) is 0 Å². The molecule has 0 aliphatic rings. The number of hydrogen-bond donors (Lipinski definition) is 1. The van der Waals surface area contributed by atoms with Gasteiger partial charge < -0.3 is 5.32 Å². The fourth-order valence-corrected chi connectivity index (χ4v) is 1.44. The molecular weight excluding hydrogens is 186 g/mol. The predicted molar refractivity (Wildman–Crippen MR) is 62.4 cm³/mol. The van der Waals surface area contributed by atoms with Crippen molar-refractivity contribution in [3.05, 3.63) is 24.3 Å². The molecule has 0 aliphatic carbocycles. The first-order chi connectivity index (χ1) is 7.29. The van der Waals surface area contributed by atoms with Crippen molar-refractivity contribution >= 4 is 0 Å². The third-order valence-corrected chi connectivity index (χ3v) is 2.33. The Morgan fingerprint density at radius 2 is 2.20 bits per heavy atom. The van der Waals surface area contributed by atoms with E-state index in [2.05, 4.69) is 29.1 Å². The molecule has 0 unspecified atom stereocenters. The van der Waals surface area contributed by atoms with E-state index in [1.165, 1.54) is 19.3 Å². The summed E-state index contributed by atoms with van der Waals surface area (Å²) in [6.07, 6.45) is 7.27. The monoisotopic (exact) mass is 207 g/mol. The van der Waals surface area contributed by atoms with Crippen molar-refractivity contribution in [2.24, 2.45) is 5.92 Å². The Balaban J connectivity index is 1.98. The van der Waals surface area contributed by atoms with E-state index in [0.29, 0.717) is 0 Å². The van der Waals surface area contributed by atoms with Crippen LogP contribution in [-0.4, -0.2) is 16.5 Å². The van der Waals surface area contributed by atoms with Crippen LogP contribution in [0.25, 0.3) is 0 Å². The van der Waals surface area contributed by atoms with Gasteiger partial charge in [-0.25, -0.2) is 9.97 Å². The molecule has 84 valence electrons. The predicted octanol–water partition coefficient (Wildman–Crippen LogP) is 2.39. The van der Waals surface area contributed by atoms with Crippen molar-refractivity contribution in [1.82, 2.24) is 15.3 Å². The van der Waals surface area contributed by atoms with E-state index in [1.54, 1.807) is 12.5 Å². The first-order valence-electron chi connectivity index (χ1n) is 5.74. The van der Waals surface area contributed by atoms with Crippen LogP contribution in [0.1, 0.15) is 38.8 Å². The van der Waals surface area contributed by atoms with Gasteiger partial charge >= 0.3 is 0 Å². The molecule has 0 aromatic carbocycles. The average molecular weight is 207 g/mol. The first-order valence-corrected chi connectivity index (χ1v) is 5.74. The summed E-state index contributed by atoms with van der Waals surface area (Å²) in [5.41, 5.74) is 1.06. The Morgan fingerprint density at radius 1 is 1.33 bits per heavy atom. The third kappa shape index (κ3) is 6.18. The molecule has 3 nitrogen and oxygen atoms in total. The number of unbranched alkanes of at least 4 members (excludes halogenated alkanes) is 1. The molecule has 1 rings (SSSR count). The van der Waals surface area contributed by atoms with Crippen LogP contribution in [0.2, 0.25) is 0 Å². The highest BCUT2D eigenvalue weighted by atomic mass is 14.9. The number of nitrogens with zero attached hydrogens (tertiary/aromatic N) is 2. The summed E-state index contributed by atoms with van der Waals surface area (Å²) in [5, 5.41) is 3.39. The summed E-state index contributed by atoms with van der Waals surface area (Å²) in [5.74, 6) is 0.826. The van der Waals surface area contributed by atoms with Crippen molar-refractivity contribution in [3.63, 3.8) is 0 Å². The molecule has 0 atom stereocenters. The third-order valence-electron chi connectivity index (χ3n) is 2.33. The Morgan fingerprint density at radius 3 is 2.87 bits per heavy atom. The van der Waals surface area contributed by atoms with E-state index in [1.807, 2.05) is 6.07 Å². The van der Waals surface area contributed by atoms with E-state index in [9.17, 15) is 0 Å². The van der Waals surface area contributed by atoms with Crippen LogP contribution in [-0.2, 0) is 6.54 Å². The SMILES string of the molecule is CC(C)CCCCNCc1ccncn1. The highest BCUT2D eigenvalue weighted by Crippen LogP contribution is 2.05. The minimum absolute atomic E-state index is 0.826. The summed E-state index contributed by atoms with van der Waals surface area (Å²) in [6.45, 7) is 6.48. The van der Waals surface area contributed by atoms with E-state index >= 15 is 0 Å². The van der Waals surface area contributed by atoms with Gasteiger partial charge in [0.2, 0.25) is 0 Å². The number of hydrogen-bond acceptors (Lipinski definition) is 3. The van der Waals surface area contributed by atoms with Crippen LogP contribution in [0.5, 0.6) is 0 Å². The van der Waals surface area contributed by atoms with Gasteiger partial charge in [0.15, 0.2) is 0 Å². The summed E-state index contributed by atoms with van der Waals surface area (Å²) in [6, 6.07) is 1.95. The molecule has 1 aromatic heterocycles. The second kappa shape index (κ2) is 7.35. The number of nitrogens with one attached hydrogen (secondary N) is 1. The lowest BCUT2D eigenvalue weighted by molar-refractivity contribution is 0.519. The normalized spacial score (nSPS) is 10.9. The second-order valence-corrected chi connectivity index (χ2v) is 4.27. The van der Waals surface area contributed by atoms with Gasteiger partial charge in [-0.05, 0) is 24.9 Å². The quantitative estimate of drug-likeness (QED) is 0.698. The Bertz CT molecular complexity index is 246. The maximum Gasteiger partial charge on any atom is 0.115 e. The van der Waals surface area contributed by atoms with Gasteiger partial charge in [0.25, 0.3) is 0 Å². The zero-order valence-corrected chi connectivity index (χ0v) is 9.74. The minimum Gasteiger partial charge on any atom is -0.311 e. The average Bonchev–Trinajstić information content (AvgIpc) is 2.24. The molecule has 3 heteroatoms. The van der Waals surface area contributed by atoms with Gasteiger partial charge in [-0.2, -0.15) is 0 Å². The van der Waals surface area contributed by atoms with Gasteiger partial charge in [0.1, 0.15) is 6.33 Å². The van der Waals surface area contributed by atoms with Crippen molar-refractivity contribution in [2.45, 2.75) is 39.7 Å². The standard InChI is InChI=1S/C12H21N3/c1-11(2)5-3-4-7-13-9-12-6-8-14-10-15-12/h6,8,10-11,13H,3-5,7,9H2,1-2H3. The van der Waals surface area contributed by atoms with Crippen LogP contribution < -0.4 is 5.32 Å². The van der Waals surface area contributed by atoms with E-state index in [0.717, 1.165) is 24.7 Å². The van der Waals surface area contributed by atoms with Gasteiger partial charge in [-0.15, -0.1) is 0 Å². The topological polar surface area (TPSA) is 37.8 Å². The molecule has 15 heavy (non-hydrogen) atoms. The molecule has 0 saturated heterocycles. The molecule has 1 aromatic rings. The largest absolute Gasteiger partial charge is 0.311 e. The molecule has 0 aliphatic heterocycles. The van der Waals surface area contributed by atoms with E-state index in [4.69, 9.17) is 0 Å². The van der Waals surface area contributed by atoms with Crippen molar-refractivity contribution < 1.29 is 0 Å². The van der Waals surface area contributed by atoms with Gasteiger partial charge in [-0.1, -0.05) is 26.7 Å². The highest BCUT2D eigenvalue weighted by Gasteiger charge is 1.95. The maximum atomic E-state index is 4.15. The Kier molecular flexibility index (Phi) is 5.93. The summed E-state index contributed by atoms with van der Waals surface area (Å²) < 4.78 is 0. The lowest BCUT2D eigenvalue weighted by atomic mass is 10.1. The number of aromatic nitrogens is 2. The fraction of sp³-hybridized carbons (Fsp3) is 0.667. The molecular formula is C12H21N3. The molecule has 0 amide bonds. The lowest BCUT2D eigenvalue weighted by Gasteiger charge is -2.05. The molecule has 0 saturated carbocycles. The zero-order chi connectivity index (χ0) is 10.9. The zero-order valence-electron chi connectivity index (χ0n) is 9.74. The highest BCUT2D eigenvalue weighted by molar-refractivity contribution is 4.96. The van der Waals surface area contributed by atoms with Crippen LogP contribution in [0, 0.1) is 5.92 Å². The van der Waals surface area contributed by atoms with E-state index in [-0.39, 0.29) is 0 Å². The molecule has 0 spiro atoms. The van der Waals surface area contributed by atoms with Crippen molar-refractivity contribution in [3.8, 4) is 0 Å².